The predicted octanol–water partition coefficient (Wildman–Crippen LogP) is 3.27. The molecule has 0 aromatic heterocycles. The van der Waals surface area contributed by atoms with Crippen LogP contribution in [0.25, 0.3) is 6.08 Å². The SMILES string of the molecule is COC(=O)c1ccc(NC(=O)N/C=C/c2ccc(OC)cc2)cc1. The first-order valence-corrected chi connectivity index (χ1v) is 7.19. The van der Waals surface area contributed by atoms with Gasteiger partial charge in [-0.1, -0.05) is 12.1 Å². The van der Waals surface area contributed by atoms with Crippen molar-refractivity contribution in [1.29, 1.82) is 0 Å². The number of rotatable bonds is 5. The van der Waals surface area contributed by atoms with Crippen molar-refractivity contribution in [1.82, 2.24) is 5.32 Å². The van der Waals surface area contributed by atoms with Gasteiger partial charge in [0, 0.05) is 11.9 Å². The smallest absolute Gasteiger partial charge is 0.337 e. The molecule has 0 heterocycles. The Morgan fingerprint density at radius 2 is 1.62 bits per heavy atom. The molecule has 0 aliphatic rings. The number of urea groups is 1. The molecule has 2 aromatic rings. The number of anilines is 1. The van der Waals surface area contributed by atoms with Crippen LogP contribution in [0.1, 0.15) is 15.9 Å². The van der Waals surface area contributed by atoms with Crippen LogP contribution in [0, 0.1) is 0 Å². The molecule has 0 bridgehead atoms. The number of hydrogen-bond donors (Lipinski definition) is 2. The van der Waals surface area contributed by atoms with Crippen LogP contribution in [0.15, 0.2) is 54.7 Å². The maximum absolute atomic E-state index is 11.8. The molecule has 2 N–H and O–H groups in total. The minimum Gasteiger partial charge on any atom is -0.497 e. The minimum absolute atomic E-state index is 0.384. The van der Waals surface area contributed by atoms with Gasteiger partial charge in [-0.15, -0.1) is 0 Å². The topological polar surface area (TPSA) is 76.7 Å². The third-order valence-electron chi connectivity index (χ3n) is 3.17. The highest BCUT2D eigenvalue weighted by atomic mass is 16.5. The van der Waals surface area contributed by atoms with E-state index in [0.29, 0.717) is 11.3 Å². The second-order valence-electron chi connectivity index (χ2n) is 4.77. The van der Waals surface area contributed by atoms with Crippen LogP contribution in [-0.2, 0) is 4.74 Å². The number of nitrogens with one attached hydrogen (secondary N) is 2. The average molecular weight is 326 g/mol. The van der Waals surface area contributed by atoms with Crippen molar-refractivity contribution >= 4 is 23.8 Å². The van der Waals surface area contributed by atoms with E-state index in [0.717, 1.165) is 11.3 Å². The fraction of sp³-hybridized carbons (Fsp3) is 0.111. The minimum atomic E-state index is -0.423. The average Bonchev–Trinajstić information content (AvgIpc) is 2.62. The lowest BCUT2D eigenvalue weighted by Crippen LogP contribution is -2.23. The molecular weight excluding hydrogens is 308 g/mol. The number of ether oxygens (including phenoxy) is 2. The Kier molecular flexibility index (Phi) is 5.96. The maximum Gasteiger partial charge on any atom is 0.337 e. The van der Waals surface area contributed by atoms with Crippen molar-refractivity contribution < 1.29 is 19.1 Å². The van der Waals surface area contributed by atoms with E-state index in [1.807, 2.05) is 24.3 Å². The molecule has 0 radical (unpaired) electrons. The Morgan fingerprint density at radius 3 is 2.21 bits per heavy atom. The van der Waals surface area contributed by atoms with E-state index < -0.39 is 5.97 Å². The molecular formula is C18H18N2O4. The fourth-order valence-electron chi connectivity index (χ4n) is 1.90. The molecule has 24 heavy (non-hydrogen) atoms. The zero-order valence-electron chi connectivity index (χ0n) is 13.4. The van der Waals surface area contributed by atoms with Crippen LogP contribution in [0.5, 0.6) is 5.75 Å². The summed E-state index contributed by atoms with van der Waals surface area (Å²) in [5.74, 6) is 0.349. The summed E-state index contributed by atoms with van der Waals surface area (Å²) >= 11 is 0. The largest absolute Gasteiger partial charge is 0.497 e. The summed E-state index contributed by atoms with van der Waals surface area (Å²) in [6.45, 7) is 0. The number of carbonyl (C=O) groups excluding carboxylic acids is 2. The van der Waals surface area contributed by atoms with Gasteiger partial charge in [-0.05, 0) is 48.0 Å². The van der Waals surface area contributed by atoms with Gasteiger partial charge in [0.15, 0.2) is 0 Å². The normalized spacial score (nSPS) is 10.2. The highest BCUT2D eigenvalue weighted by molar-refractivity contribution is 5.92. The molecule has 2 rings (SSSR count). The quantitative estimate of drug-likeness (QED) is 0.827. The van der Waals surface area contributed by atoms with Crippen LogP contribution in [0.3, 0.4) is 0 Å². The van der Waals surface area contributed by atoms with Crippen molar-refractivity contribution in [3.8, 4) is 5.75 Å². The molecule has 6 nitrogen and oxygen atoms in total. The summed E-state index contributed by atoms with van der Waals surface area (Å²) in [5, 5.41) is 5.26. The van der Waals surface area contributed by atoms with Crippen LogP contribution < -0.4 is 15.4 Å². The van der Waals surface area contributed by atoms with Crippen LogP contribution in [0.2, 0.25) is 0 Å². The summed E-state index contributed by atoms with van der Waals surface area (Å²) in [7, 11) is 2.92. The summed E-state index contributed by atoms with van der Waals surface area (Å²) < 4.78 is 9.69. The van der Waals surface area contributed by atoms with Gasteiger partial charge in [-0.25, -0.2) is 9.59 Å². The standard InChI is InChI=1S/C18H18N2O4/c1-23-16-9-3-13(4-10-16)11-12-19-18(22)20-15-7-5-14(6-8-15)17(21)24-2/h3-12H,1-2H3,(H2,19,20,22)/b12-11+. The van der Waals surface area contributed by atoms with E-state index in [4.69, 9.17) is 4.74 Å². The summed E-state index contributed by atoms with van der Waals surface area (Å²) in [5.41, 5.74) is 1.92. The van der Waals surface area contributed by atoms with Gasteiger partial charge in [0.1, 0.15) is 5.75 Å². The summed E-state index contributed by atoms with van der Waals surface area (Å²) in [6, 6.07) is 13.4. The molecule has 124 valence electrons. The van der Waals surface area contributed by atoms with Gasteiger partial charge in [-0.3, -0.25) is 0 Å². The zero-order valence-corrected chi connectivity index (χ0v) is 13.4. The van der Waals surface area contributed by atoms with Gasteiger partial charge in [0.05, 0.1) is 19.8 Å². The van der Waals surface area contributed by atoms with E-state index in [1.165, 1.54) is 7.11 Å². The number of hydrogen-bond acceptors (Lipinski definition) is 4. The molecule has 2 aromatic carbocycles. The Hall–Kier alpha value is -3.28. The Labute approximate surface area is 140 Å². The van der Waals surface area contributed by atoms with E-state index in [2.05, 4.69) is 15.4 Å². The third kappa shape index (κ3) is 4.88. The number of methoxy groups -OCH3 is 2. The molecule has 0 spiro atoms. The first-order valence-electron chi connectivity index (χ1n) is 7.19. The van der Waals surface area contributed by atoms with Gasteiger partial charge in [0.25, 0.3) is 0 Å². The molecule has 0 atom stereocenters. The zero-order chi connectivity index (χ0) is 17.4. The fourth-order valence-corrected chi connectivity index (χ4v) is 1.90. The van der Waals surface area contributed by atoms with E-state index >= 15 is 0 Å². The van der Waals surface area contributed by atoms with Gasteiger partial charge >= 0.3 is 12.0 Å². The second kappa shape index (κ2) is 8.38. The summed E-state index contributed by atoms with van der Waals surface area (Å²) in [4.78, 5) is 23.1. The van der Waals surface area contributed by atoms with Crippen molar-refractivity contribution in [2.45, 2.75) is 0 Å². The van der Waals surface area contributed by atoms with E-state index in [1.54, 1.807) is 43.7 Å². The number of esters is 1. The molecule has 0 fully saturated rings. The van der Waals surface area contributed by atoms with Crippen LogP contribution in [0.4, 0.5) is 10.5 Å². The molecule has 0 unspecified atom stereocenters. The molecule has 0 aliphatic carbocycles. The van der Waals surface area contributed by atoms with Crippen molar-refractivity contribution in [3.63, 3.8) is 0 Å². The van der Waals surface area contributed by atoms with Gasteiger partial charge < -0.3 is 20.1 Å². The van der Waals surface area contributed by atoms with E-state index in [9.17, 15) is 9.59 Å². The highest BCUT2D eigenvalue weighted by Crippen LogP contribution is 2.12. The van der Waals surface area contributed by atoms with Gasteiger partial charge in [0.2, 0.25) is 0 Å². The molecule has 0 aliphatic heterocycles. The first kappa shape index (κ1) is 17.1. The van der Waals surface area contributed by atoms with Crippen LogP contribution in [-0.4, -0.2) is 26.2 Å². The molecule has 0 saturated carbocycles. The lowest BCUT2D eigenvalue weighted by atomic mass is 10.2. The Bertz CT molecular complexity index is 722. The summed E-state index contributed by atoms with van der Waals surface area (Å²) in [6.07, 6.45) is 3.30. The van der Waals surface area contributed by atoms with Crippen LogP contribution >= 0.6 is 0 Å². The lowest BCUT2D eigenvalue weighted by molar-refractivity contribution is 0.0601. The number of amides is 2. The number of benzene rings is 2. The van der Waals surface area contributed by atoms with Gasteiger partial charge in [-0.2, -0.15) is 0 Å². The molecule has 6 heteroatoms. The lowest BCUT2D eigenvalue weighted by Gasteiger charge is -2.05. The van der Waals surface area contributed by atoms with Crippen molar-refractivity contribution in [2.24, 2.45) is 0 Å². The second-order valence-corrected chi connectivity index (χ2v) is 4.77. The first-order chi connectivity index (χ1) is 11.6. The number of carbonyl (C=O) groups is 2. The monoisotopic (exact) mass is 326 g/mol. The van der Waals surface area contributed by atoms with E-state index in [-0.39, 0.29) is 6.03 Å². The Morgan fingerprint density at radius 1 is 0.958 bits per heavy atom. The Balaban J connectivity index is 1.86. The highest BCUT2D eigenvalue weighted by Gasteiger charge is 2.05. The molecule has 2 amide bonds. The third-order valence-corrected chi connectivity index (χ3v) is 3.17. The van der Waals surface area contributed by atoms with Crippen molar-refractivity contribution in [3.05, 3.63) is 65.9 Å². The van der Waals surface area contributed by atoms with Crippen molar-refractivity contribution in [2.75, 3.05) is 19.5 Å². The predicted molar refractivity (Wildman–Crippen MR) is 92.0 cm³/mol. The molecule has 0 saturated heterocycles. The maximum atomic E-state index is 11.8.